The maximum atomic E-state index is 11.2. The third kappa shape index (κ3) is 4.81. The number of methoxy groups -OCH3 is 1. The van der Waals surface area contributed by atoms with Crippen LogP contribution in [0.2, 0.25) is 0 Å². The van der Waals surface area contributed by atoms with Crippen LogP contribution in [0.25, 0.3) is 11.0 Å². The maximum Gasteiger partial charge on any atom is 0.142 e. The molecule has 1 aromatic heterocycles. The zero-order valence-electron chi connectivity index (χ0n) is 19.7. The Morgan fingerprint density at radius 1 is 0.853 bits per heavy atom. The second-order valence-electron chi connectivity index (χ2n) is 8.90. The van der Waals surface area contributed by atoms with E-state index in [9.17, 15) is 5.11 Å². The van der Waals surface area contributed by atoms with Gasteiger partial charge in [0.25, 0.3) is 0 Å². The first kappa shape index (κ1) is 22.5. The number of fused-ring (bicyclic) bond motifs is 1. The molecule has 5 heteroatoms. The molecule has 1 atom stereocenters. The van der Waals surface area contributed by atoms with Gasteiger partial charge in [-0.3, -0.25) is 4.90 Å². The molecule has 1 saturated heterocycles. The summed E-state index contributed by atoms with van der Waals surface area (Å²) < 4.78 is 11.7. The molecule has 4 aromatic rings. The molecule has 3 aromatic carbocycles. The number of benzene rings is 3. The molecule has 1 aliphatic heterocycles. The first-order valence-electron chi connectivity index (χ1n) is 12.1. The van der Waals surface area contributed by atoms with Crippen LogP contribution in [0.5, 0.6) is 5.75 Å². The molecule has 0 unspecified atom stereocenters. The van der Waals surface area contributed by atoms with Gasteiger partial charge in [0.05, 0.1) is 12.8 Å². The average molecular weight is 457 g/mol. The van der Waals surface area contributed by atoms with Crippen LogP contribution in [0.1, 0.15) is 23.0 Å². The number of furan rings is 1. The summed E-state index contributed by atoms with van der Waals surface area (Å²) in [4.78, 5) is 4.68. The average Bonchev–Trinajstić information content (AvgIpc) is 3.27. The Balaban J connectivity index is 1.28. The topological polar surface area (TPSA) is 49.1 Å². The lowest BCUT2D eigenvalue weighted by Gasteiger charge is -2.37. The number of aryl methyl sites for hydroxylation is 2. The zero-order valence-corrected chi connectivity index (χ0v) is 19.7. The van der Waals surface area contributed by atoms with Gasteiger partial charge in [-0.15, -0.1) is 0 Å². The van der Waals surface area contributed by atoms with Crippen LogP contribution in [-0.2, 0) is 12.8 Å². The molecule has 176 valence electrons. The normalized spacial score (nSPS) is 15.5. The lowest BCUT2D eigenvalue weighted by molar-refractivity contribution is 0.0920. The third-order valence-electron chi connectivity index (χ3n) is 6.77. The monoisotopic (exact) mass is 456 g/mol. The Bertz CT molecular complexity index is 1210. The number of anilines is 1. The van der Waals surface area contributed by atoms with Crippen molar-refractivity contribution in [1.82, 2.24) is 4.90 Å². The van der Waals surface area contributed by atoms with Crippen molar-refractivity contribution in [2.24, 2.45) is 0 Å². The van der Waals surface area contributed by atoms with Crippen molar-refractivity contribution >= 4 is 16.7 Å². The van der Waals surface area contributed by atoms with E-state index < -0.39 is 6.10 Å². The minimum absolute atomic E-state index is 0.567. The fraction of sp³-hybridized carbons (Fsp3) is 0.310. The molecule has 0 radical (unpaired) electrons. The number of rotatable bonds is 8. The molecule has 0 aliphatic carbocycles. The summed E-state index contributed by atoms with van der Waals surface area (Å²) in [7, 11) is 1.72. The molecule has 5 nitrogen and oxygen atoms in total. The van der Waals surface area contributed by atoms with Crippen molar-refractivity contribution in [2.75, 3.05) is 44.7 Å². The second-order valence-corrected chi connectivity index (χ2v) is 8.90. The number of para-hydroxylation sites is 3. The van der Waals surface area contributed by atoms with E-state index in [-0.39, 0.29) is 0 Å². The van der Waals surface area contributed by atoms with Gasteiger partial charge in [0.2, 0.25) is 0 Å². The Morgan fingerprint density at radius 2 is 1.56 bits per heavy atom. The fourth-order valence-electron chi connectivity index (χ4n) is 4.95. The molecule has 34 heavy (non-hydrogen) atoms. The van der Waals surface area contributed by atoms with Gasteiger partial charge >= 0.3 is 0 Å². The quantitative estimate of drug-likeness (QED) is 0.401. The van der Waals surface area contributed by atoms with E-state index in [1.54, 1.807) is 7.11 Å². The zero-order chi connectivity index (χ0) is 23.3. The standard InChI is InChI=1S/C29H32N2O3/c1-33-28-14-8-6-12-25(28)31-19-17-30(18-20-31)21-26(32)29-24(16-15-22-9-3-2-4-10-22)23-11-5-7-13-27(23)34-29/h2-14,26,32H,15-21H2,1H3/t26-/m1/s1. The molecule has 0 spiro atoms. The number of hydrogen-bond acceptors (Lipinski definition) is 5. The number of β-amino-alcohol motifs (C(OH)–C–C–N with tert-alkyl or cyclic N) is 1. The highest BCUT2D eigenvalue weighted by Gasteiger charge is 2.26. The molecule has 1 N–H and O–H groups in total. The third-order valence-corrected chi connectivity index (χ3v) is 6.77. The van der Waals surface area contributed by atoms with Crippen LogP contribution in [0.15, 0.2) is 83.3 Å². The molecule has 0 amide bonds. The first-order chi connectivity index (χ1) is 16.7. The van der Waals surface area contributed by atoms with E-state index >= 15 is 0 Å². The van der Waals surface area contributed by atoms with Crippen molar-refractivity contribution in [3.63, 3.8) is 0 Å². The summed E-state index contributed by atoms with van der Waals surface area (Å²) in [5.41, 5.74) is 4.39. The lowest BCUT2D eigenvalue weighted by atomic mass is 9.99. The van der Waals surface area contributed by atoms with Crippen LogP contribution in [0, 0.1) is 0 Å². The molecular formula is C29H32N2O3. The summed E-state index contributed by atoms with van der Waals surface area (Å²) in [5.74, 6) is 1.62. The van der Waals surface area contributed by atoms with Gasteiger partial charge < -0.3 is 19.2 Å². The Labute approximate surface area is 201 Å². The molecule has 0 bridgehead atoms. The van der Waals surface area contributed by atoms with Gasteiger partial charge in [0, 0.05) is 43.7 Å². The minimum Gasteiger partial charge on any atom is -0.495 e. The van der Waals surface area contributed by atoms with Crippen molar-refractivity contribution in [1.29, 1.82) is 0 Å². The summed E-state index contributed by atoms with van der Waals surface area (Å²) >= 11 is 0. The van der Waals surface area contributed by atoms with Crippen molar-refractivity contribution in [2.45, 2.75) is 18.9 Å². The first-order valence-corrected chi connectivity index (χ1v) is 12.1. The Hall–Kier alpha value is -3.28. The summed E-state index contributed by atoms with van der Waals surface area (Å²) in [6.07, 6.45) is 1.10. The minimum atomic E-state index is -0.656. The van der Waals surface area contributed by atoms with Crippen LogP contribution >= 0.6 is 0 Å². The predicted molar refractivity (Wildman–Crippen MR) is 137 cm³/mol. The molecule has 1 fully saturated rings. The number of piperazine rings is 1. The predicted octanol–water partition coefficient (Wildman–Crippen LogP) is 5.08. The van der Waals surface area contributed by atoms with Gasteiger partial charge in [-0.25, -0.2) is 0 Å². The van der Waals surface area contributed by atoms with E-state index in [2.05, 4.69) is 46.2 Å². The largest absolute Gasteiger partial charge is 0.495 e. The number of hydrogen-bond donors (Lipinski definition) is 1. The molecule has 5 rings (SSSR count). The number of nitrogens with zero attached hydrogens (tertiary/aromatic N) is 2. The molecule has 1 aliphatic rings. The highest BCUT2D eigenvalue weighted by molar-refractivity contribution is 5.82. The van der Waals surface area contributed by atoms with E-state index in [0.717, 1.165) is 67.0 Å². The van der Waals surface area contributed by atoms with Crippen LogP contribution in [-0.4, -0.2) is 49.8 Å². The summed E-state index contributed by atoms with van der Waals surface area (Å²) in [6, 6.07) is 26.8. The SMILES string of the molecule is COc1ccccc1N1CCN(C[C@@H](O)c2oc3ccccc3c2CCc2ccccc2)CC1. The van der Waals surface area contributed by atoms with Crippen LogP contribution in [0.3, 0.4) is 0 Å². The van der Waals surface area contributed by atoms with Gasteiger partial charge in [0.15, 0.2) is 0 Å². The van der Waals surface area contributed by atoms with Gasteiger partial charge in [-0.2, -0.15) is 0 Å². The van der Waals surface area contributed by atoms with Crippen molar-refractivity contribution in [3.05, 3.63) is 95.7 Å². The van der Waals surface area contributed by atoms with Crippen LogP contribution < -0.4 is 9.64 Å². The summed E-state index contributed by atoms with van der Waals surface area (Å²) in [6.45, 7) is 4.13. The van der Waals surface area contributed by atoms with E-state index in [1.807, 2.05) is 42.5 Å². The Kier molecular flexibility index (Phi) is 6.84. The van der Waals surface area contributed by atoms with E-state index in [4.69, 9.17) is 9.15 Å². The van der Waals surface area contributed by atoms with E-state index in [1.165, 1.54) is 5.56 Å². The number of aliphatic hydroxyl groups is 1. The fourth-order valence-corrected chi connectivity index (χ4v) is 4.95. The van der Waals surface area contributed by atoms with E-state index in [0.29, 0.717) is 12.3 Å². The van der Waals surface area contributed by atoms with Crippen molar-refractivity contribution in [3.8, 4) is 5.75 Å². The highest BCUT2D eigenvalue weighted by Crippen LogP contribution is 2.33. The maximum absolute atomic E-state index is 11.2. The summed E-state index contributed by atoms with van der Waals surface area (Å²) in [5, 5.41) is 12.4. The molecule has 0 saturated carbocycles. The van der Waals surface area contributed by atoms with Gasteiger partial charge in [-0.1, -0.05) is 60.7 Å². The smallest absolute Gasteiger partial charge is 0.142 e. The number of ether oxygens (including phenoxy) is 1. The van der Waals surface area contributed by atoms with Gasteiger partial charge in [-0.05, 0) is 36.6 Å². The molecular weight excluding hydrogens is 424 g/mol. The van der Waals surface area contributed by atoms with Crippen molar-refractivity contribution < 1.29 is 14.3 Å². The second kappa shape index (κ2) is 10.3. The highest BCUT2D eigenvalue weighted by atomic mass is 16.5. The van der Waals surface area contributed by atoms with Gasteiger partial charge in [0.1, 0.15) is 23.2 Å². The Morgan fingerprint density at radius 3 is 2.35 bits per heavy atom. The number of aliphatic hydroxyl groups excluding tert-OH is 1. The lowest BCUT2D eigenvalue weighted by Crippen LogP contribution is -2.47. The molecule has 2 heterocycles. The van der Waals surface area contributed by atoms with Crippen LogP contribution in [0.4, 0.5) is 5.69 Å².